The van der Waals surface area contributed by atoms with Crippen LogP contribution in [-0.4, -0.2) is 25.2 Å². The van der Waals surface area contributed by atoms with Gasteiger partial charge in [-0.15, -0.1) is 0 Å². The summed E-state index contributed by atoms with van der Waals surface area (Å²) >= 11 is 0. The summed E-state index contributed by atoms with van der Waals surface area (Å²) in [5, 5.41) is 2.81. The molecule has 0 unspecified atom stereocenters. The molecule has 0 radical (unpaired) electrons. The van der Waals surface area contributed by atoms with Gasteiger partial charge >= 0.3 is 0 Å². The van der Waals surface area contributed by atoms with Gasteiger partial charge in [0.1, 0.15) is 0 Å². The lowest BCUT2D eigenvalue weighted by Crippen LogP contribution is -2.39. The lowest BCUT2D eigenvalue weighted by Gasteiger charge is -2.16. The van der Waals surface area contributed by atoms with Crippen LogP contribution in [0.3, 0.4) is 0 Å². The Hall–Kier alpha value is -1.43. The summed E-state index contributed by atoms with van der Waals surface area (Å²) in [5.41, 5.74) is 7.41. The molecule has 0 saturated carbocycles. The van der Waals surface area contributed by atoms with Crippen molar-refractivity contribution in [3.63, 3.8) is 0 Å². The molecule has 0 spiro atoms. The van der Waals surface area contributed by atoms with E-state index in [1.807, 2.05) is 38.1 Å². The van der Waals surface area contributed by atoms with E-state index in [1.54, 1.807) is 0 Å². The van der Waals surface area contributed by atoms with Crippen molar-refractivity contribution >= 4 is 11.6 Å². The molecule has 1 fully saturated rings. The number of anilines is 1. The summed E-state index contributed by atoms with van der Waals surface area (Å²) < 4.78 is 10.9. The maximum absolute atomic E-state index is 11.9. The second kappa shape index (κ2) is 6.14. The Kier molecular flexibility index (Phi) is 4.52. The molecular weight excluding hydrogens is 244 g/mol. The third kappa shape index (κ3) is 3.53. The molecule has 5 heteroatoms. The normalized spacial score (nSPS) is 17.7. The first-order valence-corrected chi connectivity index (χ1v) is 6.47. The first-order valence-electron chi connectivity index (χ1n) is 6.47. The van der Waals surface area contributed by atoms with Crippen LogP contribution in [0.15, 0.2) is 24.3 Å². The molecule has 1 aliphatic rings. The summed E-state index contributed by atoms with van der Waals surface area (Å²) in [6, 6.07) is 6.93. The average molecular weight is 264 g/mol. The lowest BCUT2D eigenvalue weighted by atomic mass is 10.0. The third-order valence-electron chi connectivity index (χ3n) is 3.07. The average Bonchev–Trinajstić information content (AvgIpc) is 2.91. The van der Waals surface area contributed by atoms with Crippen LogP contribution >= 0.6 is 0 Å². The summed E-state index contributed by atoms with van der Waals surface area (Å²) in [7, 11) is 0. The van der Waals surface area contributed by atoms with Crippen molar-refractivity contribution in [1.82, 2.24) is 0 Å². The predicted octanol–water partition coefficient (Wildman–Crippen LogP) is 1.65. The van der Waals surface area contributed by atoms with Crippen molar-refractivity contribution in [2.75, 3.05) is 18.5 Å². The Balaban J connectivity index is 2.04. The number of hydrogen-bond acceptors (Lipinski definition) is 4. The van der Waals surface area contributed by atoms with Gasteiger partial charge in [-0.3, -0.25) is 4.79 Å². The van der Waals surface area contributed by atoms with Gasteiger partial charge in [-0.05, 0) is 18.1 Å². The van der Waals surface area contributed by atoms with E-state index in [0.717, 1.165) is 5.56 Å². The number of nitrogens with one attached hydrogen (secondary N) is 1. The van der Waals surface area contributed by atoms with E-state index in [1.165, 1.54) is 0 Å². The Morgan fingerprint density at radius 1 is 1.37 bits per heavy atom. The molecule has 5 nitrogen and oxygen atoms in total. The molecule has 1 aliphatic heterocycles. The van der Waals surface area contributed by atoms with Crippen LogP contribution in [0.1, 0.15) is 25.7 Å². The molecule has 1 aromatic carbocycles. The minimum Gasteiger partial charge on any atom is -0.346 e. The molecule has 3 N–H and O–H groups in total. The van der Waals surface area contributed by atoms with E-state index in [2.05, 4.69) is 5.32 Å². The van der Waals surface area contributed by atoms with Crippen LogP contribution in [0.4, 0.5) is 5.69 Å². The third-order valence-corrected chi connectivity index (χ3v) is 3.07. The Morgan fingerprint density at radius 3 is 2.68 bits per heavy atom. The standard InChI is InChI=1S/C14H20N2O3/c1-9(2)12(15)13(17)16-11-5-3-4-10(8-11)14-18-6-7-19-14/h3-5,8-9,12,14H,6-7,15H2,1-2H3,(H,16,17)/t12-/m0/s1. The number of carbonyl (C=O) groups excluding carboxylic acids is 1. The van der Waals surface area contributed by atoms with E-state index in [4.69, 9.17) is 15.2 Å². The number of nitrogens with two attached hydrogens (primary N) is 1. The van der Waals surface area contributed by atoms with Crippen molar-refractivity contribution in [1.29, 1.82) is 0 Å². The van der Waals surface area contributed by atoms with Crippen LogP contribution < -0.4 is 11.1 Å². The van der Waals surface area contributed by atoms with E-state index < -0.39 is 6.04 Å². The van der Waals surface area contributed by atoms with Crippen LogP contribution in [0.2, 0.25) is 0 Å². The van der Waals surface area contributed by atoms with Crippen LogP contribution in [0, 0.1) is 5.92 Å². The summed E-state index contributed by atoms with van der Waals surface area (Å²) in [6.07, 6.45) is -0.337. The van der Waals surface area contributed by atoms with Crippen LogP contribution in [-0.2, 0) is 14.3 Å². The van der Waals surface area contributed by atoms with Crippen molar-refractivity contribution in [2.45, 2.75) is 26.2 Å². The highest BCUT2D eigenvalue weighted by molar-refractivity contribution is 5.94. The topological polar surface area (TPSA) is 73.6 Å². The molecule has 1 heterocycles. The summed E-state index contributed by atoms with van der Waals surface area (Å²) in [4.78, 5) is 11.9. The molecule has 1 saturated heterocycles. The SMILES string of the molecule is CC(C)[C@H](N)C(=O)Nc1cccc(C2OCCO2)c1. The van der Waals surface area contributed by atoms with E-state index in [0.29, 0.717) is 18.9 Å². The zero-order valence-corrected chi connectivity index (χ0v) is 11.3. The van der Waals surface area contributed by atoms with Gasteiger partial charge in [0.05, 0.1) is 19.3 Å². The second-order valence-electron chi connectivity index (χ2n) is 4.96. The van der Waals surface area contributed by atoms with Crippen molar-refractivity contribution in [3.05, 3.63) is 29.8 Å². The zero-order chi connectivity index (χ0) is 13.8. The highest BCUT2D eigenvalue weighted by atomic mass is 16.7. The molecule has 0 aliphatic carbocycles. The van der Waals surface area contributed by atoms with E-state index in [-0.39, 0.29) is 18.1 Å². The van der Waals surface area contributed by atoms with Gasteiger partial charge in [0.15, 0.2) is 6.29 Å². The molecule has 1 atom stereocenters. The zero-order valence-electron chi connectivity index (χ0n) is 11.3. The van der Waals surface area contributed by atoms with Gasteiger partial charge in [-0.2, -0.15) is 0 Å². The first kappa shape index (κ1) is 14.0. The highest BCUT2D eigenvalue weighted by Gasteiger charge is 2.20. The van der Waals surface area contributed by atoms with Crippen LogP contribution in [0.25, 0.3) is 0 Å². The van der Waals surface area contributed by atoms with Gasteiger partial charge in [-0.1, -0.05) is 26.0 Å². The Labute approximate surface area is 113 Å². The number of rotatable bonds is 4. The molecular formula is C14H20N2O3. The van der Waals surface area contributed by atoms with Crippen molar-refractivity contribution in [3.8, 4) is 0 Å². The van der Waals surface area contributed by atoms with Gasteiger partial charge < -0.3 is 20.5 Å². The molecule has 104 valence electrons. The Morgan fingerprint density at radius 2 is 2.05 bits per heavy atom. The highest BCUT2D eigenvalue weighted by Crippen LogP contribution is 2.25. The molecule has 1 aromatic rings. The number of hydrogen-bond donors (Lipinski definition) is 2. The fourth-order valence-corrected chi connectivity index (χ4v) is 1.84. The number of ether oxygens (including phenoxy) is 2. The van der Waals surface area contributed by atoms with Gasteiger partial charge in [-0.25, -0.2) is 0 Å². The first-order chi connectivity index (χ1) is 9.08. The molecule has 0 aromatic heterocycles. The van der Waals surface area contributed by atoms with E-state index >= 15 is 0 Å². The van der Waals surface area contributed by atoms with Crippen LogP contribution in [0.5, 0.6) is 0 Å². The second-order valence-corrected chi connectivity index (χ2v) is 4.96. The van der Waals surface area contributed by atoms with Crippen molar-refractivity contribution < 1.29 is 14.3 Å². The number of carbonyl (C=O) groups is 1. The van der Waals surface area contributed by atoms with E-state index in [9.17, 15) is 4.79 Å². The Bertz CT molecular complexity index is 442. The lowest BCUT2D eigenvalue weighted by molar-refractivity contribution is -0.118. The largest absolute Gasteiger partial charge is 0.346 e. The molecule has 1 amide bonds. The quantitative estimate of drug-likeness (QED) is 0.867. The van der Waals surface area contributed by atoms with Gasteiger partial charge in [0.2, 0.25) is 5.91 Å². The predicted molar refractivity (Wildman–Crippen MR) is 72.5 cm³/mol. The molecule has 0 bridgehead atoms. The minimum atomic E-state index is -0.511. The number of amides is 1. The summed E-state index contributed by atoms with van der Waals surface area (Å²) in [5.74, 6) is -0.0786. The van der Waals surface area contributed by atoms with Gasteiger partial charge in [0.25, 0.3) is 0 Å². The monoisotopic (exact) mass is 264 g/mol. The summed E-state index contributed by atoms with van der Waals surface area (Å²) in [6.45, 7) is 5.03. The maximum atomic E-state index is 11.9. The van der Waals surface area contributed by atoms with Crippen molar-refractivity contribution in [2.24, 2.45) is 11.7 Å². The fourth-order valence-electron chi connectivity index (χ4n) is 1.84. The minimum absolute atomic E-state index is 0.102. The smallest absolute Gasteiger partial charge is 0.241 e. The molecule has 19 heavy (non-hydrogen) atoms. The van der Waals surface area contributed by atoms with Gasteiger partial charge in [0, 0.05) is 11.3 Å². The fraction of sp³-hybridized carbons (Fsp3) is 0.500. The molecule has 2 rings (SSSR count). The maximum Gasteiger partial charge on any atom is 0.241 e. The number of benzene rings is 1.